The Morgan fingerprint density at radius 3 is 2.46 bits per heavy atom. The molecule has 26 heavy (non-hydrogen) atoms. The normalized spacial score (nSPS) is 16.5. The molecule has 3 rings (SSSR count). The zero-order valence-electron chi connectivity index (χ0n) is 14.4. The molecule has 4 N–H and O–H groups in total. The summed E-state index contributed by atoms with van der Waals surface area (Å²) in [6.45, 7) is 3.18. The van der Waals surface area contributed by atoms with E-state index in [-0.39, 0.29) is 29.2 Å². The topological polar surface area (TPSA) is 107 Å². The highest BCUT2D eigenvalue weighted by Crippen LogP contribution is 2.44. The van der Waals surface area contributed by atoms with Crippen LogP contribution in [0.15, 0.2) is 36.4 Å². The van der Waals surface area contributed by atoms with Crippen LogP contribution in [0, 0.1) is 0 Å². The fraction of sp³-hybridized carbons (Fsp3) is 0.250. The number of allylic oxidation sites excluding steroid dienone is 1. The van der Waals surface area contributed by atoms with Gasteiger partial charge in [-0.2, -0.15) is 0 Å². The van der Waals surface area contributed by atoms with Gasteiger partial charge in [0.25, 0.3) is 0 Å². The van der Waals surface area contributed by atoms with Crippen LogP contribution in [0.2, 0.25) is 0 Å². The molecule has 1 aliphatic heterocycles. The third kappa shape index (κ3) is 3.36. The summed E-state index contributed by atoms with van der Waals surface area (Å²) in [7, 11) is 0. The number of fused-ring (bicyclic) bond motifs is 1. The lowest BCUT2D eigenvalue weighted by Gasteiger charge is -2.24. The lowest BCUT2D eigenvalue weighted by atomic mass is 9.95. The molecular weight excluding hydrogens is 336 g/mol. The van der Waals surface area contributed by atoms with E-state index in [0.717, 1.165) is 0 Å². The first-order chi connectivity index (χ1) is 12.2. The molecule has 2 aromatic rings. The summed E-state index contributed by atoms with van der Waals surface area (Å²) in [4.78, 5) is 12.5. The van der Waals surface area contributed by atoms with Crippen molar-refractivity contribution in [2.45, 2.75) is 32.0 Å². The molecule has 0 bridgehead atoms. The van der Waals surface area contributed by atoms with Crippen LogP contribution in [0.3, 0.4) is 0 Å². The van der Waals surface area contributed by atoms with Crippen LogP contribution >= 0.6 is 0 Å². The Kier molecular flexibility index (Phi) is 4.38. The van der Waals surface area contributed by atoms with Crippen LogP contribution in [0.5, 0.6) is 23.0 Å². The van der Waals surface area contributed by atoms with Crippen molar-refractivity contribution >= 4 is 11.9 Å². The minimum Gasteiger partial charge on any atom is -0.508 e. The van der Waals surface area contributed by atoms with Gasteiger partial charge in [0.05, 0.1) is 5.60 Å². The number of aliphatic hydroxyl groups is 1. The molecule has 6 nitrogen and oxygen atoms in total. The second kappa shape index (κ2) is 6.38. The molecule has 6 heteroatoms. The van der Waals surface area contributed by atoms with Crippen LogP contribution in [0.4, 0.5) is 0 Å². The fourth-order valence-electron chi connectivity index (χ4n) is 2.83. The van der Waals surface area contributed by atoms with Gasteiger partial charge in [0, 0.05) is 18.1 Å². The number of carbonyl (C=O) groups is 1. The zero-order valence-corrected chi connectivity index (χ0v) is 14.4. The summed E-state index contributed by atoms with van der Waals surface area (Å²) in [6, 6.07) is 7.51. The molecule has 0 fully saturated rings. The van der Waals surface area contributed by atoms with E-state index in [0.29, 0.717) is 11.1 Å². The molecule has 0 radical (unpaired) electrons. The van der Waals surface area contributed by atoms with Gasteiger partial charge in [0.2, 0.25) is 0 Å². The number of ketones is 1. The highest BCUT2D eigenvalue weighted by molar-refractivity contribution is 6.11. The average molecular weight is 356 g/mol. The number of benzene rings is 2. The minimum absolute atomic E-state index is 0.115. The molecule has 1 aliphatic rings. The van der Waals surface area contributed by atoms with Crippen molar-refractivity contribution in [1.82, 2.24) is 0 Å². The van der Waals surface area contributed by atoms with Crippen LogP contribution in [0.25, 0.3) is 6.08 Å². The summed E-state index contributed by atoms with van der Waals surface area (Å²) < 4.78 is 5.59. The highest BCUT2D eigenvalue weighted by atomic mass is 16.5. The molecular formula is C20H20O6. The van der Waals surface area contributed by atoms with E-state index in [1.165, 1.54) is 30.4 Å². The first-order valence-electron chi connectivity index (χ1n) is 8.15. The van der Waals surface area contributed by atoms with Gasteiger partial charge in [-0.15, -0.1) is 0 Å². The zero-order chi connectivity index (χ0) is 19.1. The van der Waals surface area contributed by atoms with Crippen molar-refractivity contribution in [1.29, 1.82) is 0 Å². The van der Waals surface area contributed by atoms with Crippen LogP contribution in [0.1, 0.15) is 35.3 Å². The quantitative estimate of drug-likeness (QED) is 0.496. The Morgan fingerprint density at radius 1 is 1.19 bits per heavy atom. The predicted octanol–water partition coefficient (Wildman–Crippen LogP) is 2.77. The molecule has 136 valence electrons. The third-order valence-corrected chi connectivity index (χ3v) is 4.36. The average Bonchev–Trinajstić information content (AvgIpc) is 2.99. The first-order valence-corrected chi connectivity index (χ1v) is 8.15. The van der Waals surface area contributed by atoms with E-state index < -0.39 is 23.2 Å². The van der Waals surface area contributed by atoms with Crippen LogP contribution in [-0.4, -0.2) is 37.9 Å². The number of carbonyl (C=O) groups excluding carboxylic acids is 1. The fourth-order valence-corrected chi connectivity index (χ4v) is 2.83. The Labute approximate surface area is 150 Å². The van der Waals surface area contributed by atoms with Crippen molar-refractivity contribution in [3.8, 4) is 23.0 Å². The van der Waals surface area contributed by atoms with Gasteiger partial charge in [-0.1, -0.05) is 18.2 Å². The molecule has 1 heterocycles. The van der Waals surface area contributed by atoms with E-state index in [1.54, 1.807) is 26.0 Å². The standard InChI is InChI=1S/C20H20O6/c1-20(2,25)17-9-13-16(26-17)10-15(23)18(19(13)24)14(22)8-5-11-3-6-12(21)7-4-11/h3-8,10,17,21,23-25H,9H2,1-2H3/t17-/m0/s1. The lowest BCUT2D eigenvalue weighted by Crippen LogP contribution is -2.39. The van der Waals surface area contributed by atoms with Crippen molar-refractivity contribution in [2.75, 3.05) is 0 Å². The van der Waals surface area contributed by atoms with Crippen molar-refractivity contribution < 1.29 is 30.0 Å². The van der Waals surface area contributed by atoms with Gasteiger partial charge in [0.15, 0.2) is 5.78 Å². The monoisotopic (exact) mass is 356 g/mol. The molecule has 0 saturated heterocycles. The molecule has 2 aromatic carbocycles. The van der Waals surface area contributed by atoms with Crippen molar-refractivity contribution in [2.24, 2.45) is 0 Å². The second-order valence-corrected chi connectivity index (χ2v) is 6.85. The maximum Gasteiger partial charge on any atom is 0.193 e. The molecule has 0 aliphatic carbocycles. The summed E-state index contributed by atoms with van der Waals surface area (Å²) in [5.41, 5.74) is -0.277. The summed E-state index contributed by atoms with van der Waals surface area (Å²) in [6.07, 6.45) is 2.40. The van der Waals surface area contributed by atoms with Gasteiger partial charge < -0.3 is 25.2 Å². The number of hydrogen-bond acceptors (Lipinski definition) is 6. The van der Waals surface area contributed by atoms with Gasteiger partial charge in [0.1, 0.15) is 34.7 Å². The largest absolute Gasteiger partial charge is 0.508 e. The Balaban J connectivity index is 1.90. The number of phenolic OH excluding ortho intramolecular Hbond substituents is 3. The molecule has 1 atom stereocenters. The Bertz CT molecular complexity index is 875. The number of rotatable bonds is 4. The van der Waals surface area contributed by atoms with Crippen LogP contribution < -0.4 is 4.74 Å². The summed E-state index contributed by atoms with van der Waals surface area (Å²) in [5.74, 6) is -0.928. The maximum atomic E-state index is 12.5. The molecule has 0 spiro atoms. The Morgan fingerprint density at radius 2 is 1.85 bits per heavy atom. The van der Waals surface area contributed by atoms with E-state index >= 15 is 0 Å². The molecule has 0 amide bonds. The van der Waals surface area contributed by atoms with E-state index in [1.807, 2.05) is 0 Å². The number of hydrogen-bond donors (Lipinski definition) is 4. The first kappa shape index (κ1) is 17.8. The van der Waals surface area contributed by atoms with Crippen molar-refractivity contribution in [3.63, 3.8) is 0 Å². The van der Waals surface area contributed by atoms with Gasteiger partial charge in [-0.3, -0.25) is 4.79 Å². The minimum atomic E-state index is -1.13. The van der Waals surface area contributed by atoms with Gasteiger partial charge >= 0.3 is 0 Å². The predicted molar refractivity (Wildman–Crippen MR) is 95.7 cm³/mol. The van der Waals surface area contributed by atoms with E-state index in [4.69, 9.17) is 4.74 Å². The van der Waals surface area contributed by atoms with Gasteiger partial charge in [-0.25, -0.2) is 0 Å². The Hall–Kier alpha value is -2.99. The van der Waals surface area contributed by atoms with E-state index in [9.17, 15) is 25.2 Å². The molecule has 0 saturated carbocycles. The number of phenols is 3. The van der Waals surface area contributed by atoms with Crippen LogP contribution in [-0.2, 0) is 6.42 Å². The molecule has 0 unspecified atom stereocenters. The maximum absolute atomic E-state index is 12.5. The van der Waals surface area contributed by atoms with Crippen molar-refractivity contribution in [3.05, 3.63) is 53.1 Å². The lowest BCUT2D eigenvalue weighted by molar-refractivity contribution is -0.0230. The number of aromatic hydroxyl groups is 3. The van der Waals surface area contributed by atoms with Gasteiger partial charge in [-0.05, 0) is 37.6 Å². The SMILES string of the molecule is CC(C)(O)[C@@H]1Cc2c(cc(O)c(C(=O)C=Cc3ccc(O)cc3)c2O)O1. The second-order valence-electron chi connectivity index (χ2n) is 6.85. The number of ether oxygens (including phenoxy) is 1. The molecule has 0 aromatic heterocycles. The van der Waals surface area contributed by atoms with E-state index in [2.05, 4.69) is 0 Å². The summed E-state index contributed by atoms with van der Waals surface area (Å²) in [5, 5.41) is 40.0. The summed E-state index contributed by atoms with van der Waals surface area (Å²) >= 11 is 0. The smallest absolute Gasteiger partial charge is 0.193 e. The highest BCUT2D eigenvalue weighted by Gasteiger charge is 2.38. The third-order valence-electron chi connectivity index (χ3n) is 4.36.